The van der Waals surface area contributed by atoms with Crippen molar-refractivity contribution in [3.63, 3.8) is 0 Å². The minimum absolute atomic E-state index is 0.00734. The third-order valence-corrected chi connectivity index (χ3v) is 8.39. The lowest BCUT2D eigenvalue weighted by Gasteiger charge is -2.21. The molecular weight excluding hydrogens is 550 g/mol. The monoisotopic (exact) mass is 628 g/mol. The largest absolute Gasteiger partial charge is 0.462 e. The first-order valence-corrected chi connectivity index (χ1v) is 18.9. The van der Waals surface area contributed by atoms with Gasteiger partial charge in [-0.2, -0.15) is 0 Å². The Kier molecular flexibility index (Phi) is 39.2. The highest BCUT2D eigenvalue weighted by molar-refractivity contribution is 5.69. The maximum Gasteiger partial charge on any atom is 0.306 e. The van der Waals surface area contributed by atoms with E-state index in [-0.39, 0.29) is 18.7 Å². The summed E-state index contributed by atoms with van der Waals surface area (Å²) >= 11 is 0. The van der Waals surface area contributed by atoms with Gasteiger partial charge in [-0.15, -0.1) is 0 Å². The summed E-state index contributed by atoms with van der Waals surface area (Å²) in [5.74, 6) is 0.623. The lowest BCUT2D eigenvalue weighted by molar-refractivity contribution is -0.150. The first kappa shape index (κ1) is 45.1. The van der Waals surface area contributed by atoms with Gasteiger partial charge in [0.15, 0.2) is 0 Å². The Labute approximate surface area is 274 Å². The maximum atomic E-state index is 12.4. The Morgan fingerprint density at radius 1 is 0.705 bits per heavy atom. The van der Waals surface area contributed by atoms with Gasteiger partial charge in [-0.3, -0.25) is 4.79 Å². The summed E-state index contributed by atoms with van der Waals surface area (Å²) in [6.07, 6.45) is 28.3. The molecule has 0 aromatic heterocycles. The summed E-state index contributed by atoms with van der Waals surface area (Å²) in [6, 6.07) is 0. The zero-order chi connectivity index (χ0) is 32.9. The van der Waals surface area contributed by atoms with E-state index in [2.05, 4.69) is 32.6 Å². The number of unbranched alkanes of at least 4 members (excludes halogenated alkanes) is 15. The van der Waals surface area contributed by atoms with Gasteiger partial charge >= 0.3 is 5.97 Å². The molecule has 0 aliphatic heterocycles. The lowest BCUT2D eigenvalue weighted by atomic mass is 9.95. The molecule has 2 atom stereocenters. The average molecular weight is 628 g/mol. The summed E-state index contributed by atoms with van der Waals surface area (Å²) in [5.41, 5.74) is 0. The number of carbonyl (C=O) groups is 2. The number of aliphatic hydroxyl groups is 1. The van der Waals surface area contributed by atoms with E-state index in [0.717, 1.165) is 90.3 Å². The molecule has 0 saturated carbocycles. The van der Waals surface area contributed by atoms with Crippen LogP contribution in [0.25, 0.3) is 0 Å². The van der Waals surface area contributed by atoms with Gasteiger partial charge in [0.1, 0.15) is 12.4 Å². The highest BCUT2D eigenvalue weighted by atomic mass is 16.5. The SMILES string of the molecule is CCCCCC(C)CC(CCC)OC(=O)CCCCCCCN(CCO)CCCCCCCCC=O.CCCCCCOC. The molecule has 0 aromatic rings. The molecule has 0 fully saturated rings. The molecule has 6 heteroatoms. The molecule has 0 amide bonds. The summed E-state index contributed by atoms with van der Waals surface area (Å²) in [5, 5.41) is 9.36. The first-order valence-electron chi connectivity index (χ1n) is 18.9. The molecule has 1 N–H and O–H groups in total. The topological polar surface area (TPSA) is 76.1 Å². The van der Waals surface area contributed by atoms with Crippen LogP contribution < -0.4 is 0 Å². The van der Waals surface area contributed by atoms with Gasteiger partial charge in [-0.25, -0.2) is 0 Å². The van der Waals surface area contributed by atoms with Crippen LogP contribution in [0.1, 0.15) is 182 Å². The van der Waals surface area contributed by atoms with Gasteiger partial charge in [-0.1, -0.05) is 124 Å². The second-order valence-electron chi connectivity index (χ2n) is 13.0. The fraction of sp³-hybridized carbons (Fsp3) is 0.947. The van der Waals surface area contributed by atoms with Crippen molar-refractivity contribution in [1.82, 2.24) is 4.90 Å². The highest BCUT2D eigenvalue weighted by Crippen LogP contribution is 2.20. The smallest absolute Gasteiger partial charge is 0.306 e. The van der Waals surface area contributed by atoms with E-state index in [0.29, 0.717) is 18.8 Å². The van der Waals surface area contributed by atoms with Crippen LogP contribution in [0.2, 0.25) is 0 Å². The lowest BCUT2D eigenvalue weighted by Crippen LogP contribution is -2.29. The molecule has 0 spiro atoms. The van der Waals surface area contributed by atoms with Crippen LogP contribution in [0, 0.1) is 5.92 Å². The van der Waals surface area contributed by atoms with E-state index in [4.69, 9.17) is 9.47 Å². The van der Waals surface area contributed by atoms with Gasteiger partial charge < -0.3 is 24.3 Å². The minimum Gasteiger partial charge on any atom is -0.462 e. The highest BCUT2D eigenvalue weighted by Gasteiger charge is 2.17. The van der Waals surface area contributed by atoms with Crippen LogP contribution >= 0.6 is 0 Å². The number of nitrogens with zero attached hydrogens (tertiary/aromatic N) is 1. The third kappa shape index (κ3) is 35.5. The summed E-state index contributed by atoms with van der Waals surface area (Å²) in [4.78, 5) is 25.1. The predicted molar refractivity (Wildman–Crippen MR) is 188 cm³/mol. The fourth-order valence-electron chi connectivity index (χ4n) is 5.66. The quantitative estimate of drug-likeness (QED) is 0.0443. The van der Waals surface area contributed by atoms with E-state index in [9.17, 15) is 14.7 Å². The molecule has 0 heterocycles. The summed E-state index contributed by atoms with van der Waals surface area (Å²) in [7, 11) is 1.76. The molecule has 2 unspecified atom stereocenters. The van der Waals surface area contributed by atoms with Crippen molar-refractivity contribution >= 4 is 12.3 Å². The molecule has 0 aromatic carbocycles. The number of esters is 1. The zero-order valence-corrected chi connectivity index (χ0v) is 30.3. The maximum absolute atomic E-state index is 12.4. The van der Waals surface area contributed by atoms with Crippen LogP contribution in [0.3, 0.4) is 0 Å². The van der Waals surface area contributed by atoms with Crippen molar-refractivity contribution in [1.29, 1.82) is 0 Å². The van der Waals surface area contributed by atoms with Gasteiger partial charge in [0.2, 0.25) is 0 Å². The Bertz CT molecular complexity index is 567. The van der Waals surface area contributed by atoms with Crippen molar-refractivity contribution in [2.45, 2.75) is 188 Å². The normalized spacial score (nSPS) is 12.5. The number of rotatable bonds is 33. The van der Waals surface area contributed by atoms with Crippen molar-refractivity contribution in [3.05, 3.63) is 0 Å². The van der Waals surface area contributed by atoms with E-state index in [1.54, 1.807) is 7.11 Å². The Morgan fingerprint density at radius 3 is 1.84 bits per heavy atom. The third-order valence-electron chi connectivity index (χ3n) is 8.39. The predicted octanol–water partition coefficient (Wildman–Crippen LogP) is 10.1. The first-order chi connectivity index (χ1) is 21.5. The minimum atomic E-state index is -0.00734. The Hall–Kier alpha value is -0.980. The van der Waals surface area contributed by atoms with Gasteiger partial charge in [0.25, 0.3) is 0 Å². The van der Waals surface area contributed by atoms with E-state index in [1.165, 1.54) is 83.5 Å². The average Bonchev–Trinajstić information content (AvgIpc) is 3.00. The molecule has 0 aliphatic carbocycles. The molecule has 264 valence electrons. The fourth-order valence-corrected chi connectivity index (χ4v) is 5.66. The van der Waals surface area contributed by atoms with Crippen LogP contribution in [-0.2, 0) is 19.1 Å². The second kappa shape index (κ2) is 38.2. The van der Waals surface area contributed by atoms with E-state index < -0.39 is 0 Å². The molecule has 0 saturated heterocycles. The van der Waals surface area contributed by atoms with Crippen molar-refractivity contribution < 1.29 is 24.2 Å². The van der Waals surface area contributed by atoms with E-state index >= 15 is 0 Å². The number of aliphatic hydroxyl groups excluding tert-OH is 1. The summed E-state index contributed by atoms with van der Waals surface area (Å²) < 4.78 is 10.7. The van der Waals surface area contributed by atoms with E-state index in [1.807, 2.05) is 0 Å². The number of carbonyl (C=O) groups excluding carboxylic acids is 2. The van der Waals surface area contributed by atoms with Crippen LogP contribution in [0.15, 0.2) is 0 Å². The van der Waals surface area contributed by atoms with Crippen LogP contribution in [0.4, 0.5) is 0 Å². The summed E-state index contributed by atoms with van der Waals surface area (Å²) in [6.45, 7) is 13.0. The standard InChI is InChI=1S/C31H61NO4.C7H16O/c1-4-6-15-21-29(3)28-30(20-5-2)36-31(35)22-16-11-10-13-18-24-32(25-27-34)23-17-12-8-7-9-14-19-26-33;1-3-4-5-6-7-8-2/h26,29-30,34H,4-25,27-28H2,1-3H3;3-7H2,1-2H3. The number of aldehydes is 1. The second-order valence-corrected chi connectivity index (χ2v) is 13.0. The number of methoxy groups -OCH3 is 1. The molecule has 0 aliphatic rings. The van der Waals surface area contributed by atoms with Crippen molar-refractivity contribution in [2.24, 2.45) is 5.92 Å². The number of hydrogen-bond donors (Lipinski definition) is 1. The zero-order valence-electron chi connectivity index (χ0n) is 30.3. The van der Waals surface area contributed by atoms with Crippen LogP contribution in [-0.4, -0.2) is 68.3 Å². The van der Waals surface area contributed by atoms with Gasteiger partial charge in [0.05, 0.1) is 6.61 Å². The molecular formula is C38H77NO5. The van der Waals surface area contributed by atoms with Crippen LogP contribution in [0.5, 0.6) is 0 Å². The number of ether oxygens (including phenoxy) is 2. The molecule has 44 heavy (non-hydrogen) atoms. The molecule has 0 rings (SSSR count). The molecule has 6 nitrogen and oxygen atoms in total. The van der Waals surface area contributed by atoms with Crippen molar-refractivity contribution in [2.75, 3.05) is 40.0 Å². The molecule has 0 bridgehead atoms. The number of hydrogen-bond acceptors (Lipinski definition) is 6. The molecule has 0 radical (unpaired) electrons. The van der Waals surface area contributed by atoms with Gasteiger partial charge in [0, 0.05) is 33.1 Å². The van der Waals surface area contributed by atoms with Crippen molar-refractivity contribution in [3.8, 4) is 0 Å². The Balaban J connectivity index is 0. The van der Waals surface area contributed by atoms with Gasteiger partial charge in [-0.05, 0) is 64.0 Å². The Morgan fingerprint density at radius 2 is 1.27 bits per heavy atom.